The molecule has 8 nitrogen and oxygen atoms in total. The molecule has 0 amide bonds. The standard InChI is InChI=1S/C49H81N2O6/c1-4-7-9-11-13-15-22-40-54-45(6-3)26-28-47(52)56-42-32-49(30-38-51(39-31-49)37-21-20-36-50-34-18-17-19-35-50)33-43-57-48(53)29-27-46(44-24-25-44)55-41-23-16-14-12-10-8-5-2/h3,18-19,24-25,34-35,45-46H,4-5,7-17,20-23,26-33,36-43H2,1-2H3. The summed E-state index contributed by atoms with van der Waals surface area (Å²) in [7, 11) is 0. The summed E-state index contributed by atoms with van der Waals surface area (Å²) in [6, 6.07) is 0. The first-order valence-electron chi connectivity index (χ1n) is 23.3. The zero-order chi connectivity index (χ0) is 40.7. The van der Waals surface area contributed by atoms with Gasteiger partial charge >= 0.3 is 11.9 Å². The summed E-state index contributed by atoms with van der Waals surface area (Å²) in [6.45, 7) is 10.8. The molecule has 0 spiro atoms. The highest BCUT2D eigenvalue weighted by Crippen LogP contribution is 2.39. The van der Waals surface area contributed by atoms with E-state index in [1.165, 1.54) is 82.6 Å². The number of ether oxygens (including phenoxy) is 4. The molecule has 0 aromatic rings. The van der Waals surface area contributed by atoms with E-state index in [1.54, 1.807) is 0 Å². The predicted octanol–water partition coefficient (Wildman–Crippen LogP) is 11.1. The lowest BCUT2D eigenvalue weighted by atomic mass is 9.73. The summed E-state index contributed by atoms with van der Waals surface area (Å²) in [4.78, 5) is 30.6. The summed E-state index contributed by atoms with van der Waals surface area (Å²) >= 11 is 0. The fourth-order valence-electron chi connectivity index (χ4n) is 7.97. The second kappa shape index (κ2) is 31.3. The van der Waals surface area contributed by atoms with Crippen molar-refractivity contribution in [2.75, 3.05) is 52.6 Å². The topological polar surface area (TPSA) is 77.5 Å². The summed E-state index contributed by atoms with van der Waals surface area (Å²) in [5.74, 6) is 2.33. The summed E-state index contributed by atoms with van der Waals surface area (Å²) < 4.78 is 23.7. The third kappa shape index (κ3) is 23.5. The number of rotatable bonds is 36. The van der Waals surface area contributed by atoms with Gasteiger partial charge in [-0.3, -0.25) is 9.59 Å². The van der Waals surface area contributed by atoms with Crippen LogP contribution in [0, 0.1) is 24.2 Å². The first-order chi connectivity index (χ1) is 28.0. The number of carbonyl (C=O) groups excluding carboxylic acids is 2. The van der Waals surface area contributed by atoms with Crippen LogP contribution in [0.5, 0.6) is 0 Å². The molecule has 57 heavy (non-hydrogen) atoms. The minimum atomic E-state index is -0.359. The molecule has 323 valence electrons. The van der Waals surface area contributed by atoms with Crippen molar-refractivity contribution in [3.63, 3.8) is 0 Å². The average Bonchev–Trinajstić information content (AvgIpc) is 4.08. The van der Waals surface area contributed by atoms with Gasteiger partial charge in [0.1, 0.15) is 6.10 Å². The normalized spacial score (nSPS) is 17.2. The van der Waals surface area contributed by atoms with Gasteiger partial charge in [0.2, 0.25) is 0 Å². The lowest BCUT2D eigenvalue weighted by molar-refractivity contribution is -0.146. The zero-order valence-corrected chi connectivity index (χ0v) is 36.4. The van der Waals surface area contributed by atoms with Gasteiger partial charge < -0.3 is 28.7 Å². The molecule has 0 aromatic carbocycles. The highest BCUT2D eigenvalue weighted by molar-refractivity contribution is 5.69. The van der Waals surface area contributed by atoms with Crippen LogP contribution in [0.3, 0.4) is 0 Å². The van der Waals surface area contributed by atoms with E-state index in [1.807, 2.05) is 0 Å². The molecule has 1 aliphatic carbocycles. The number of unbranched alkanes of at least 4 members (excludes halogenated alkanes) is 13. The molecule has 1 fully saturated rings. The van der Waals surface area contributed by atoms with E-state index in [2.05, 4.69) is 66.6 Å². The van der Waals surface area contributed by atoms with Gasteiger partial charge in [0.05, 0.1) is 19.3 Å². The van der Waals surface area contributed by atoms with E-state index in [0.29, 0.717) is 39.1 Å². The Kier molecular flexibility index (Phi) is 26.8. The summed E-state index contributed by atoms with van der Waals surface area (Å²) in [5, 5.41) is 0. The molecule has 0 aromatic heterocycles. The number of carbonyl (C=O) groups is 2. The van der Waals surface area contributed by atoms with Crippen molar-refractivity contribution in [2.24, 2.45) is 5.41 Å². The SMILES string of the molecule is C#CC(CCC(=O)OCCC1(CCOC(=O)CCC(OCCCCCCCCC)C2=C[CH]2)CCN(CCCCN2C=CCC=C2)CC1)OCCCCCCCCC. The molecule has 1 saturated heterocycles. The lowest BCUT2D eigenvalue weighted by Crippen LogP contribution is -2.42. The van der Waals surface area contributed by atoms with Crippen molar-refractivity contribution in [3.05, 3.63) is 42.6 Å². The quantitative estimate of drug-likeness (QED) is 0.0353. The zero-order valence-electron chi connectivity index (χ0n) is 36.4. The van der Waals surface area contributed by atoms with Crippen LogP contribution in [-0.4, -0.2) is 86.6 Å². The van der Waals surface area contributed by atoms with Gasteiger partial charge in [0.25, 0.3) is 0 Å². The molecule has 2 aliphatic heterocycles. The van der Waals surface area contributed by atoms with Crippen LogP contribution in [0.1, 0.15) is 174 Å². The number of allylic oxidation sites excluding steroid dienone is 3. The predicted molar refractivity (Wildman–Crippen MR) is 233 cm³/mol. The Morgan fingerprint density at radius 3 is 1.79 bits per heavy atom. The summed E-state index contributed by atoms with van der Waals surface area (Å²) in [5.41, 5.74) is 1.18. The van der Waals surface area contributed by atoms with E-state index < -0.39 is 0 Å². The molecule has 0 bridgehead atoms. The third-order valence-electron chi connectivity index (χ3n) is 12.0. The fourth-order valence-corrected chi connectivity index (χ4v) is 7.97. The number of terminal acetylenes is 1. The van der Waals surface area contributed by atoms with Crippen LogP contribution in [0.15, 0.2) is 36.2 Å². The largest absolute Gasteiger partial charge is 0.466 e. The molecule has 2 heterocycles. The second-order valence-corrected chi connectivity index (χ2v) is 16.8. The van der Waals surface area contributed by atoms with Crippen LogP contribution in [-0.2, 0) is 28.5 Å². The van der Waals surface area contributed by atoms with Crippen LogP contribution in [0.25, 0.3) is 0 Å². The number of hydrogen-bond acceptors (Lipinski definition) is 8. The fraction of sp³-hybridized carbons (Fsp3) is 0.776. The van der Waals surface area contributed by atoms with Gasteiger partial charge in [-0.25, -0.2) is 0 Å². The van der Waals surface area contributed by atoms with Crippen LogP contribution in [0.2, 0.25) is 0 Å². The Hall–Kier alpha value is -2.60. The van der Waals surface area contributed by atoms with Crippen molar-refractivity contribution in [1.82, 2.24) is 9.80 Å². The van der Waals surface area contributed by atoms with Crippen molar-refractivity contribution in [3.8, 4) is 12.3 Å². The summed E-state index contributed by atoms with van der Waals surface area (Å²) in [6.07, 6.45) is 44.3. The van der Waals surface area contributed by atoms with Gasteiger partial charge in [0.15, 0.2) is 0 Å². The van der Waals surface area contributed by atoms with Crippen molar-refractivity contribution < 1.29 is 28.5 Å². The van der Waals surface area contributed by atoms with E-state index in [4.69, 9.17) is 25.4 Å². The highest BCUT2D eigenvalue weighted by atomic mass is 16.5. The molecule has 3 aliphatic rings. The number of hydrogen-bond donors (Lipinski definition) is 0. The van der Waals surface area contributed by atoms with E-state index in [-0.39, 0.29) is 36.0 Å². The number of likely N-dealkylation sites (tertiary alicyclic amines) is 1. The Balaban J connectivity index is 1.37. The molecule has 0 saturated carbocycles. The minimum Gasteiger partial charge on any atom is -0.466 e. The first kappa shape index (κ1) is 48.8. The highest BCUT2D eigenvalue weighted by Gasteiger charge is 2.35. The lowest BCUT2D eigenvalue weighted by Gasteiger charge is -2.42. The van der Waals surface area contributed by atoms with E-state index >= 15 is 0 Å². The number of esters is 2. The molecule has 3 rings (SSSR count). The van der Waals surface area contributed by atoms with Crippen LogP contribution in [0.4, 0.5) is 0 Å². The molecule has 1 radical (unpaired) electrons. The Morgan fingerprint density at radius 2 is 1.23 bits per heavy atom. The smallest absolute Gasteiger partial charge is 0.305 e. The monoisotopic (exact) mass is 794 g/mol. The van der Waals surface area contributed by atoms with Gasteiger partial charge in [-0.15, -0.1) is 6.42 Å². The van der Waals surface area contributed by atoms with Crippen LogP contribution < -0.4 is 0 Å². The Bertz CT molecular complexity index is 1190. The van der Waals surface area contributed by atoms with Crippen molar-refractivity contribution in [1.29, 1.82) is 0 Å². The molecular weight excluding hydrogens is 713 g/mol. The maximum atomic E-state index is 12.9. The second-order valence-electron chi connectivity index (χ2n) is 16.8. The molecule has 0 N–H and O–H groups in total. The molecule has 2 unspecified atom stereocenters. The molecule has 2 atom stereocenters. The third-order valence-corrected chi connectivity index (χ3v) is 12.0. The van der Waals surface area contributed by atoms with Gasteiger partial charge in [-0.1, -0.05) is 115 Å². The van der Waals surface area contributed by atoms with E-state index in [0.717, 1.165) is 90.6 Å². The number of nitrogens with zero attached hydrogens (tertiary/aromatic N) is 2. The average molecular weight is 794 g/mol. The van der Waals surface area contributed by atoms with Crippen LogP contribution >= 0.6 is 0 Å². The van der Waals surface area contributed by atoms with Gasteiger partial charge in [-0.05, 0) is 114 Å². The first-order valence-corrected chi connectivity index (χ1v) is 23.3. The van der Waals surface area contributed by atoms with Crippen molar-refractivity contribution in [2.45, 2.75) is 187 Å². The van der Waals surface area contributed by atoms with E-state index in [9.17, 15) is 9.59 Å². The Morgan fingerprint density at radius 1 is 0.702 bits per heavy atom. The Labute approximate surface area is 348 Å². The molecular formula is C49H81N2O6. The minimum absolute atomic E-state index is 0.0108. The van der Waals surface area contributed by atoms with Gasteiger partial charge in [0, 0.05) is 39.0 Å². The van der Waals surface area contributed by atoms with Crippen molar-refractivity contribution >= 4 is 11.9 Å². The number of piperidine rings is 1. The van der Waals surface area contributed by atoms with Gasteiger partial charge in [-0.2, -0.15) is 0 Å². The molecule has 8 heteroatoms. The maximum absolute atomic E-state index is 12.9. The maximum Gasteiger partial charge on any atom is 0.305 e.